The molecule has 1 saturated carbocycles. The fraction of sp³-hybridized carbons (Fsp3) is 0.571. The number of rotatable bonds is 2. The van der Waals surface area contributed by atoms with Gasteiger partial charge in [0.2, 0.25) is 0 Å². The number of pyridine rings is 1. The van der Waals surface area contributed by atoms with Gasteiger partial charge in [-0.15, -0.1) is 0 Å². The standard InChI is InChI=1S/C14H20N2O2/c1-9-5-10(2)7-11(6-9)16-14(18)12-8-15-4-3-13(12)17/h3-4,8-11H,5-7H2,1-2H3,(H,15,17)(H,16,18). The number of H-pyrrole nitrogens is 1. The van der Waals surface area contributed by atoms with Crippen LogP contribution < -0.4 is 10.7 Å². The second-order valence-corrected chi connectivity index (χ2v) is 5.51. The van der Waals surface area contributed by atoms with Crippen molar-refractivity contribution in [1.29, 1.82) is 0 Å². The number of aromatic nitrogens is 1. The molecular weight excluding hydrogens is 228 g/mol. The van der Waals surface area contributed by atoms with Gasteiger partial charge in [-0.1, -0.05) is 13.8 Å². The second kappa shape index (κ2) is 5.38. The maximum atomic E-state index is 12.0. The van der Waals surface area contributed by atoms with E-state index in [1.807, 2.05) is 0 Å². The van der Waals surface area contributed by atoms with Crippen molar-refractivity contribution in [2.24, 2.45) is 11.8 Å². The van der Waals surface area contributed by atoms with E-state index in [2.05, 4.69) is 24.1 Å². The van der Waals surface area contributed by atoms with Crippen LogP contribution in [0.5, 0.6) is 0 Å². The van der Waals surface area contributed by atoms with E-state index in [-0.39, 0.29) is 22.9 Å². The molecule has 1 fully saturated rings. The number of hydrogen-bond acceptors (Lipinski definition) is 2. The van der Waals surface area contributed by atoms with Crippen LogP contribution in [0.4, 0.5) is 0 Å². The van der Waals surface area contributed by atoms with Crippen molar-refractivity contribution in [2.45, 2.75) is 39.2 Å². The quantitative estimate of drug-likeness (QED) is 0.840. The van der Waals surface area contributed by atoms with Crippen molar-refractivity contribution in [3.05, 3.63) is 34.2 Å². The van der Waals surface area contributed by atoms with Crippen molar-refractivity contribution >= 4 is 5.91 Å². The van der Waals surface area contributed by atoms with E-state index in [1.165, 1.54) is 24.9 Å². The predicted molar refractivity (Wildman–Crippen MR) is 70.5 cm³/mol. The molecule has 18 heavy (non-hydrogen) atoms. The summed E-state index contributed by atoms with van der Waals surface area (Å²) >= 11 is 0. The summed E-state index contributed by atoms with van der Waals surface area (Å²) in [6, 6.07) is 1.57. The van der Waals surface area contributed by atoms with Crippen LogP contribution in [-0.4, -0.2) is 16.9 Å². The summed E-state index contributed by atoms with van der Waals surface area (Å²) in [7, 11) is 0. The first-order valence-corrected chi connectivity index (χ1v) is 6.54. The lowest BCUT2D eigenvalue weighted by Gasteiger charge is -2.31. The summed E-state index contributed by atoms with van der Waals surface area (Å²) in [5.74, 6) is 1.00. The molecule has 4 heteroatoms. The highest BCUT2D eigenvalue weighted by Gasteiger charge is 2.25. The Balaban J connectivity index is 2.04. The van der Waals surface area contributed by atoms with Crippen LogP contribution in [0.25, 0.3) is 0 Å². The summed E-state index contributed by atoms with van der Waals surface area (Å²) in [4.78, 5) is 26.3. The molecule has 1 heterocycles. The zero-order valence-electron chi connectivity index (χ0n) is 10.9. The molecule has 1 aliphatic rings. The Hall–Kier alpha value is -1.58. The number of hydrogen-bond donors (Lipinski definition) is 2. The van der Waals surface area contributed by atoms with Gasteiger partial charge in [0.05, 0.1) is 0 Å². The third-order valence-corrected chi connectivity index (χ3v) is 3.58. The van der Waals surface area contributed by atoms with E-state index in [1.54, 1.807) is 0 Å². The van der Waals surface area contributed by atoms with E-state index in [4.69, 9.17) is 0 Å². The van der Waals surface area contributed by atoms with E-state index in [9.17, 15) is 9.59 Å². The van der Waals surface area contributed by atoms with E-state index >= 15 is 0 Å². The van der Waals surface area contributed by atoms with Gasteiger partial charge in [0.1, 0.15) is 5.56 Å². The highest BCUT2D eigenvalue weighted by Crippen LogP contribution is 2.28. The van der Waals surface area contributed by atoms with Crippen LogP contribution in [0.2, 0.25) is 0 Å². The Labute approximate surface area is 107 Å². The van der Waals surface area contributed by atoms with Crippen LogP contribution in [0.15, 0.2) is 23.3 Å². The molecule has 4 nitrogen and oxygen atoms in total. The summed E-state index contributed by atoms with van der Waals surface area (Å²) in [5, 5.41) is 2.98. The van der Waals surface area contributed by atoms with E-state index < -0.39 is 0 Å². The summed E-state index contributed by atoms with van der Waals surface area (Å²) in [5.41, 5.74) is -0.0356. The maximum absolute atomic E-state index is 12.0. The van der Waals surface area contributed by atoms with Crippen LogP contribution in [0.3, 0.4) is 0 Å². The van der Waals surface area contributed by atoms with Crippen LogP contribution in [-0.2, 0) is 0 Å². The van der Waals surface area contributed by atoms with Gasteiger partial charge >= 0.3 is 0 Å². The van der Waals surface area contributed by atoms with Crippen molar-refractivity contribution in [1.82, 2.24) is 10.3 Å². The number of aromatic amines is 1. The third-order valence-electron chi connectivity index (χ3n) is 3.58. The van der Waals surface area contributed by atoms with Gasteiger partial charge in [-0.3, -0.25) is 9.59 Å². The normalized spacial score (nSPS) is 27.8. The minimum Gasteiger partial charge on any atom is -0.367 e. The molecule has 0 bridgehead atoms. The Morgan fingerprint density at radius 2 is 1.94 bits per heavy atom. The van der Waals surface area contributed by atoms with Crippen LogP contribution in [0.1, 0.15) is 43.5 Å². The lowest BCUT2D eigenvalue weighted by molar-refractivity contribution is 0.0910. The van der Waals surface area contributed by atoms with Crippen molar-refractivity contribution in [3.63, 3.8) is 0 Å². The van der Waals surface area contributed by atoms with Gasteiger partial charge < -0.3 is 10.3 Å². The molecule has 0 radical (unpaired) electrons. The molecule has 1 aliphatic carbocycles. The molecular formula is C14H20N2O2. The lowest BCUT2D eigenvalue weighted by atomic mass is 9.80. The molecule has 0 saturated heterocycles. The number of nitrogens with one attached hydrogen (secondary N) is 2. The van der Waals surface area contributed by atoms with Gasteiger partial charge in [0, 0.05) is 24.5 Å². The zero-order chi connectivity index (χ0) is 13.1. The number of carbonyl (C=O) groups is 1. The average Bonchev–Trinajstić information content (AvgIpc) is 2.27. The number of carbonyl (C=O) groups excluding carboxylic acids is 1. The average molecular weight is 248 g/mol. The Bertz CT molecular complexity index is 471. The van der Waals surface area contributed by atoms with Crippen molar-refractivity contribution in [2.75, 3.05) is 0 Å². The molecule has 1 amide bonds. The Kier molecular flexibility index (Phi) is 3.84. The van der Waals surface area contributed by atoms with E-state index in [0.29, 0.717) is 11.8 Å². The summed E-state index contributed by atoms with van der Waals surface area (Å²) in [6.07, 6.45) is 6.22. The highest BCUT2D eigenvalue weighted by atomic mass is 16.2. The monoisotopic (exact) mass is 248 g/mol. The lowest BCUT2D eigenvalue weighted by Crippen LogP contribution is -2.41. The van der Waals surface area contributed by atoms with E-state index in [0.717, 1.165) is 12.8 Å². The van der Waals surface area contributed by atoms with Gasteiger partial charge in [-0.2, -0.15) is 0 Å². The fourth-order valence-corrected chi connectivity index (χ4v) is 2.92. The predicted octanol–water partition coefficient (Wildman–Crippen LogP) is 1.93. The molecule has 2 unspecified atom stereocenters. The topological polar surface area (TPSA) is 62.0 Å². The maximum Gasteiger partial charge on any atom is 0.256 e. The fourth-order valence-electron chi connectivity index (χ4n) is 2.92. The molecule has 2 atom stereocenters. The molecule has 0 aliphatic heterocycles. The Morgan fingerprint density at radius 1 is 1.28 bits per heavy atom. The van der Waals surface area contributed by atoms with Crippen molar-refractivity contribution in [3.8, 4) is 0 Å². The zero-order valence-corrected chi connectivity index (χ0v) is 10.9. The van der Waals surface area contributed by atoms with Crippen LogP contribution >= 0.6 is 0 Å². The van der Waals surface area contributed by atoms with Crippen LogP contribution in [0, 0.1) is 11.8 Å². The van der Waals surface area contributed by atoms with Gasteiger partial charge in [-0.05, 0) is 31.1 Å². The van der Waals surface area contributed by atoms with Crippen molar-refractivity contribution < 1.29 is 4.79 Å². The number of amides is 1. The molecule has 1 aromatic heterocycles. The second-order valence-electron chi connectivity index (χ2n) is 5.51. The molecule has 2 N–H and O–H groups in total. The molecule has 98 valence electrons. The summed E-state index contributed by atoms with van der Waals surface area (Å²) in [6.45, 7) is 4.42. The smallest absolute Gasteiger partial charge is 0.256 e. The first kappa shape index (κ1) is 12.9. The largest absolute Gasteiger partial charge is 0.367 e. The van der Waals surface area contributed by atoms with Gasteiger partial charge in [0.15, 0.2) is 5.43 Å². The molecule has 1 aromatic rings. The molecule has 0 aromatic carbocycles. The first-order valence-electron chi connectivity index (χ1n) is 6.54. The minimum atomic E-state index is -0.261. The van der Waals surface area contributed by atoms with Gasteiger partial charge in [0.25, 0.3) is 5.91 Å². The first-order chi connectivity index (χ1) is 8.56. The van der Waals surface area contributed by atoms with Gasteiger partial charge in [-0.25, -0.2) is 0 Å². The molecule has 2 rings (SSSR count). The minimum absolute atomic E-state index is 0.191. The third kappa shape index (κ3) is 3.00. The highest BCUT2D eigenvalue weighted by molar-refractivity contribution is 5.93. The molecule has 0 spiro atoms. The SMILES string of the molecule is CC1CC(C)CC(NC(=O)c2c[nH]ccc2=O)C1. The summed E-state index contributed by atoms with van der Waals surface area (Å²) < 4.78 is 0. The Morgan fingerprint density at radius 3 is 2.56 bits per heavy atom.